The molecule has 8 nitrogen and oxygen atoms in total. The van der Waals surface area contributed by atoms with Crippen molar-refractivity contribution in [3.8, 4) is 0 Å². The Morgan fingerprint density at radius 2 is 2.08 bits per heavy atom. The van der Waals surface area contributed by atoms with Crippen molar-refractivity contribution >= 4 is 57.0 Å². The van der Waals surface area contributed by atoms with Crippen molar-refractivity contribution < 1.29 is 14.3 Å². The fourth-order valence-corrected chi connectivity index (χ4v) is 6.79. The van der Waals surface area contributed by atoms with Crippen molar-refractivity contribution in [2.45, 2.75) is 48.5 Å². The van der Waals surface area contributed by atoms with E-state index in [2.05, 4.69) is 55.3 Å². The van der Waals surface area contributed by atoms with Gasteiger partial charge in [-0.2, -0.15) is 0 Å². The molecule has 1 amide bonds. The summed E-state index contributed by atoms with van der Waals surface area (Å²) in [5.74, 6) is 1.16. The van der Waals surface area contributed by atoms with Crippen molar-refractivity contribution in [1.82, 2.24) is 15.2 Å². The van der Waals surface area contributed by atoms with Crippen LogP contribution in [0.4, 0.5) is 5.69 Å². The minimum absolute atomic E-state index is 0.0513. The number of rotatable bonds is 8. The number of guanidine groups is 1. The second-order valence-electron chi connectivity index (χ2n) is 10.6. The average Bonchev–Trinajstić information content (AvgIpc) is 2.99. The average molecular weight is 654 g/mol. The number of alkyl halides is 1. The van der Waals surface area contributed by atoms with Crippen molar-refractivity contribution in [1.29, 1.82) is 0 Å². The third-order valence-corrected chi connectivity index (χ3v) is 9.00. The molecule has 1 aromatic heterocycles. The molecule has 1 fully saturated rings. The highest BCUT2D eigenvalue weighted by atomic mass is 127. The first-order valence-electron chi connectivity index (χ1n) is 14.0. The van der Waals surface area contributed by atoms with E-state index in [0.717, 1.165) is 79.9 Å². The number of carbonyl (C=O) groups is 2. The zero-order valence-electron chi connectivity index (χ0n) is 22.8. The first-order chi connectivity index (χ1) is 19.5. The number of pyridine rings is 1. The van der Waals surface area contributed by atoms with E-state index in [4.69, 9.17) is 4.74 Å². The molecule has 210 valence electrons. The summed E-state index contributed by atoms with van der Waals surface area (Å²) in [6, 6.07) is 17.9. The minimum atomic E-state index is -0.201. The Labute approximate surface area is 249 Å². The van der Waals surface area contributed by atoms with E-state index < -0.39 is 0 Å². The number of ether oxygens (including phenoxy) is 1. The molecule has 3 atom stereocenters. The van der Waals surface area contributed by atoms with Crippen LogP contribution in [-0.4, -0.2) is 58.5 Å². The standard InChI is InChI=1S/C31H36IN5O3/c1-40-29(38)19-22(25-17-23-6-2-3-9-27(23)35-20-25)11-10-21-12-15-37(28(32)16-21)30(39)24-7-4-8-26(18-24)36-31-33-13-5-14-34-31/h2-4,6-9,17-18,20-22,28H,5,10-16,19H2,1H3,(H2,33,34,36). The lowest BCUT2D eigenvalue weighted by Gasteiger charge is -2.37. The van der Waals surface area contributed by atoms with Gasteiger partial charge in [0, 0.05) is 42.5 Å². The summed E-state index contributed by atoms with van der Waals surface area (Å²) >= 11 is 2.41. The number of para-hydroxylation sites is 1. The summed E-state index contributed by atoms with van der Waals surface area (Å²) in [5.41, 5.74) is 3.57. The second kappa shape index (κ2) is 13.4. The topological polar surface area (TPSA) is 95.9 Å². The maximum absolute atomic E-state index is 13.5. The molecule has 0 radical (unpaired) electrons. The Bertz CT molecular complexity index is 1380. The Balaban J connectivity index is 1.20. The van der Waals surface area contributed by atoms with E-state index in [1.807, 2.05) is 53.6 Å². The molecule has 0 saturated carbocycles. The molecular weight excluding hydrogens is 617 g/mol. The van der Waals surface area contributed by atoms with Gasteiger partial charge < -0.3 is 20.3 Å². The van der Waals surface area contributed by atoms with E-state index in [0.29, 0.717) is 17.9 Å². The summed E-state index contributed by atoms with van der Waals surface area (Å²) < 4.78 is 5.13. The van der Waals surface area contributed by atoms with Gasteiger partial charge in [-0.3, -0.25) is 19.6 Å². The molecule has 5 rings (SSSR count). The monoisotopic (exact) mass is 653 g/mol. The number of piperidine rings is 1. The summed E-state index contributed by atoms with van der Waals surface area (Å²) in [4.78, 5) is 36.8. The first kappa shape index (κ1) is 28.3. The third kappa shape index (κ3) is 7.10. The van der Waals surface area contributed by atoms with Gasteiger partial charge >= 0.3 is 5.97 Å². The van der Waals surface area contributed by atoms with Gasteiger partial charge in [0.1, 0.15) is 0 Å². The molecule has 2 aromatic carbocycles. The number of likely N-dealkylation sites (tertiary alicyclic amines) is 1. The van der Waals surface area contributed by atoms with E-state index >= 15 is 0 Å². The van der Waals surface area contributed by atoms with Gasteiger partial charge in [-0.15, -0.1) is 0 Å². The van der Waals surface area contributed by atoms with Gasteiger partial charge in [0.15, 0.2) is 5.96 Å². The molecule has 0 spiro atoms. The first-order valence-corrected chi connectivity index (χ1v) is 15.3. The number of nitrogens with zero attached hydrogens (tertiary/aromatic N) is 3. The number of fused-ring (bicyclic) bond motifs is 1. The van der Waals surface area contributed by atoms with Gasteiger partial charge in [0.2, 0.25) is 0 Å². The highest BCUT2D eigenvalue weighted by Gasteiger charge is 2.31. The number of hydrogen-bond acceptors (Lipinski definition) is 7. The largest absolute Gasteiger partial charge is 0.469 e. The van der Waals surface area contributed by atoms with E-state index in [-0.39, 0.29) is 21.8 Å². The summed E-state index contributed by atoms with van der Waals surface area (Å²) in [7, 11) is 1.44. The molecule has 0 aliphatic carbocycles. The zero-order valence-corrected chi connectivity index (χ0v) is 25.0. The molecule has 3 aromatic rings. The Morgan fingerprint density at radius 1 is 1.20 bits per heavy atom. The maximum atomic E-state index is 13.5. The van der Waals surface area contributed by atoms with Crippen LogP contribution in [0.1, 0.15) is 60.4 Å². The number of hydrogen-bond donors (Lipinski definition) is 2. The number of benzene rings is 2. The van der Waals surface area contributed by atoms with Crippen LogP contribution in [0.15, 0.2) is 65.8 Å². The number of halogens is 1. The molecule has 2 aliphatic heterocycles. The van der Waals surface area contributed by atoms with E-state index in [9.17, 15) is 9.59 Å². The Morgan fingerprint density at radius 3 is 2.88 bits per heavy atom. The normalized spacial score (nSPS) is 19.9. The van der Waals surface area contributed by atoms with Crippen LogP contribution >= 0.6 is 22.6 Å². The quantitative estimate of drug-likeness (QED) is 0.140. The maximum Gasteiger partial charge on any atom is 0.306 e. The number of carbonyl (C=O) groups excluding carboxylic acids is 2. The number of methoxy groups -OCH3 is 1. The van der Waals surface area contributed by atoms with Gasteiger partial charge in [0.05, 0.1) is 23.1 Å². The number of amides is 1. The van der Waals surface area contributed by atoms with E-state index in [1.165, 1.54) is 7.11 Å². The molecule has 0 bridgehead atoms. The SMILES string of the molecule is COC(=O)CC(CCC1CCN(C(=O)c2cccc(NC3=NCCCN3)c2)C(I)C1)c1cnc2ccccc2c1. The Kier molecular flexibility index (Phi) is 9.51. The molecule has 40 heavy (non-hydrogen) atoms. The highest BCUT2D eigenvalue weighted by molar-refractivity contribution is 14.1. The third-order valence-electron chi connectivity index (χ3n) is 7.82. The van der Waals surface area contributed by atoms with Crippen LogP contribution in [0.25, 0.3) is 10.9 Å². The summed E-state index contributed by atoms with van der Waals surface area (Å²) in [5, 5.41) is 7.63. The lowest BCUT2D eigenvalue weighted by Crippen LogP contribution is -2.43. The number of esters is 1. The van der Waals surface area contributed by atoms with Crippen LogP contribution in [-0.2, 0) is 9.53 Å². The smallest absolute Gasteiger partial charge is 0.306 e. The van der Waals surface area contributed by atoms with E-state index in [1.54, 1.807) is 0 Å². The predicted molar refractivity (Wildman–Crippen MR) is 167 cm³/mol. The molecule has 2 aliphatic rings. The molecule has 2 N–H and O–H groups in total. The fourth-order valence-electron chi connectivity index (χ4n) is 5.54. The summed E-state index contributed by atoms with van der Waals surface area (Å²) in [6.45, 7) is 2.43. The van der Waals surface area contributed by atoms with Gasteiger partial charge in [-0.05, 0) is 79.8 Å². The Hall–Kier alpha value is -3.21. The minimum Gasteiger partial charge on any atom is -0.469 e. The molecular formula is C31H36IN5O3. The zero-order chi connectivity index (χ0) is 27.9. The number of nitrogens with one attached hydrogen (secondary N) is 2. The van der Waals surface area contributed by atoms with Crippen LogP contribution in [0.5, 0.6) is 0 Å². The van der Waals surface area contributed by atoms with Gasteiger partial charge in [-0.25, -0.2) is 0 Å². The number of aliphatic imine (C=N–C) groups is 1. The van der Waals surface area contributed by atoms with Crippen molar-refractivity contribution in [3.05, 3.63) is 71.9 Å². The second-order valence-corrected chi connectivity index (χ2v) is 12.0. The van der Waals surface area contributed by atoms with Crippen molar-refractivity contribution in [3.63, 3.8) is 0 Å². The molecule has 3 unspecified atom stereocenters. The lowest BCUT2D eigenvalue weighted by atomic mass is 9.85. The van der Waals surface area contributed by atoms with Crippen molar-refractivity contribution in [2.24, 2.45) is 10.9 Å². The van der Waals surface area contributed by atoms with Gasteiger partial charge in [-0.1, -0.05) is 46.9 Å². The summed E-state index contributed by atoms with van der Waals surface area (Å²) in [6.07, 6.45) is 7.03. The van der Waals surface area contributed by atoms with Crippen molar-refractivity contribution in [2.75, 3.05) is 32.1 Å². The molecule has 9 heteroatoms. The highest BCUT2D eigenvalue weighted by Crippen LogP contribution is 2.35. The predicted octanol–water partition coefficient (Wildman–Crippen LogP) is 5.74. The lowest BCUT2D eigenvalue weighted by molar-refractivity contribution is -0.141. The van der Waals surface area contributed by atoms with Gasteiger partial charge in [0.25, 0.3) is 5.91 Å². The van der Waals surface area contributed by atoms with Crippen LogP contribution in [0.2, 0.25) is 0 Å². The fraction of sp³-hybridized carbons (Fsp3) is 0.419. The van der Waals surface area contributed by atoms with Crippen LogP contribution in [0.3, 0.4) is 0 Å². The molecule has 3 heterocycles. The number of anilines is 1. The molecule has 1 saturated heterocycles. The number of aromatic nitrogens is 1. The van der Waals surface area contributed by atoms with Crippen LogP contribution < -0.4 is 10.6 Å². The van der Waals surface area contributed by atoms with Crippen LogP contribution in [0, 0.1) is 5.92 Å².